The van der Waals surface area contributed by atoms with E-state index in [9.17, 15) is 25.0 Å². The van der Waals surface area contributed by atoms with Gasteiger partial charge in [0.1, 0.15) is 12.7 Å². The molecule has 2 rings (SSSR count). The minimum atomic E-state index is -1.20. The number of aromatic nitrogens is 2. The number of esters is 1. The van der Waals surface area contributed by atoms with Gasteiger partial charge in [-0.25, -0.2) is 4.68 Å². The van der Waals surface area contributed by atoms with Crippen LogP contribution < -0.4 is 4.74 Å². The Kier molecular flexibility index (Phi) is 7.28. The average Bonchev–Trinajstić information content (AvgIpc) is 3.04. The van der Waals surface area contributed by atoms with E-state index in [0.717, 1.165) is 0 Å². The van der Waals surface area contributed by atoms with Crippen LogP contribution >= 0.6 is 0 Å². The molecule has 12 heteroatoms. The molecule has 0 spiro atoms. The number of hydrogen-bond acceptors (Lipinski definition) is 9. The molecule has 1 atom stereocenters. The Bertz CT molecular complexity index is 897. The molecule has 0 saturated heterocycles. The van der Waals surface area contributed by atoms with Gasteiger partial charge in [0.25, 0.3) is 10.2 Å². The highest BCUT2D eigenvalue weighted by atomic mass is 17.0. The molecule has 12 nitrogen and oxygen atoms in total. The third-order valence-electron chi connectivity index (χ3n) is 4.24. The van der Waals surface area contributed by atoms with E-state index < -0.39 is 34.3 Å². The standard InChI is InChI=1S/C18H22N4O8/c1-13-11-16(20(19-13)14-7-5-4-6-8-14)29-17(23)18(2,3)10-9-15(30-22(26)27)12-28-21(24)25/h4-8,11,15H,9-10,12H2,1-3H3. The van der Waals surface area contributed by atoms with Gasteiger partial charge in [-0.05, 0) is 45.7 Å². The van der Waals surface area contributed by atoms with Gasteiger partial charge in [0.05, 0.1) is 16.8 Å². The number of hydrogen-bond donors (Lipinski definition) is 0. The topological polar surface area (TPSA) is 149 Å². The largest absolute Gasteiger partial charge is 0.407 e. The van der Waals surface area contributed by atoms with Gasteiger partial charge in [0, 0.05) is 6.07 Å². The number of carbonyl (C=O) groups excluding carboxylic acids is 1. The Hall–Kier alpha value is -3.70. The van der Waals surface area contributed by atoms with Crippen LogP contribution in [0.5, 0.6) is 5.88 Å². The second kappa shape index (κ2) is 9.67. The number of ether oxygens (including phenoxy) is 1. The molecule has 30 heavy (non-hydrogen) atoms. The molecule has 0 bridgehead atoms. The number of rotatable bonds is 11. The van der Waals surface area contributed by atoms with Crippen LogP contribution in [0.4, 0.5) is 0 Å². The molecule has 0 fully saturated rings. The highest BCUT2D eigenvalue weighted by Gasteiger charge is 2.32. The van der Waals surface area contributed by atoms with Gasteiger partial charge in [-0.3, -0.25) is 4.79 Å². The Morgan fingerprint density at radius 1 is 1.20 bits per heavy atom. The lowest BCUT2D eigenvalue weighted by molar-refractivity contribution is -0.790. The summed E-state index contributed by atoms with van der Waals surface area (Å²) in [5, 5.41) is 23.1. The van der Waals surface area contributed by atoms with Crippen molar-refractivity contribution in [2.24, 2.45) is 5.41 Å². The molecule has 0 saturated carbocycles. The van der Waals surface area contributed by atoms with E-state index in [0.29, 0.717) is 11.4 Å². The van der Waals surface area contributed by atoms with Crippen molar-refractivity contribution < 1.29 is 29.4 Å². The second-order valence-electron chi connectivity index (χ2n) is 7.15. The summed E-state index contributed by atoms with van der Waals surface area (Å²) in [4.78, 5) is 42.2. The number of carbonyl (C=O) groups is 1. The van der Waals surface area contributed by atoms with E-state index >= 15 is 0 Å². The normalized spacial score (nSPS) is 12.1. The lowest BCUT2D eigenvalue weighted by atomic mass is 9.87. The monoisotopic (exact) mass is 422 g/mol. The lowest BCUT2D eigenvalue weighted by Crippen LogP contribution is -2.32. The molecule has 1 aromatic carbocycles. The van der Waals surface area contributed by atoms with E-state index in [1.807, 2.05) is 30.3 Å². The zero-order valence-corrected chi connectivity index (χ0v) is 16.7. The van der Waals surface area contributed by atoms with Crippen LogP contribution in [-0.4, -0.2) is 38.6 Å². The summed E-state index contributed by atoms with van der Waals surface area (Å²) >= 11 is 0. The van der Waals surface area contributed by atoms with Crippen LogP contribution in [0, 0.1) is 32.6 Å². The van der Waals surface area contributed by atoms with Crippen molar-refractivity contribution in [2.75, 3.05) is 6.61 Å². The fourth-order valence-corrected chi connectivity index (χ4v) is 2.59. The number of nitrogens with zero attached hydrogens (tertiary/aromatic N) is 4. The quantitative estimate of drug-likeness (QED) is 0.302. The first kappa shape index (κ1) is 22.6. The van der Waals surface area contributed by atoms with Crippen LogP contribution in [0.15, 0.2) is 36.4 Å². The van der Waals surface area contributed by atoms with Gasteiger partial charge >= 0.3 is 5.97 Å². The maximum absolute atomic E-state index is 12.8. The van der Waals surface area contributed by atoms with Crippen LogP contribution in [0.3, 0.4) is 0 Å². The Morgan fingerprint density at radius 2 is 1.87 bits per heavy atom. The molecule has 2 aromatic rings. The van der Waals surface area contributed by atoms with Crippen LogP contribution in [0.1, 0.15) is 32.4 Å². The number of para-hydroxylation sites is 1. The number of benzene rings is 1. The number of aryl methyl sites for hydroxylation is 1. The molecular weight excluding hydrogens is 400 g/mol. The molecule has 0 N–H and O–H groups in total. The molecule has 1 unspecified atom stereocenters. The van der Waals surface area contributed by atoms with Crippen molar-refractivity contribution >= 4 is 5.97 Å². The molecule has 0 amide bonds. The molecule has 0 aliphatic carbocycles. The molecule has 1 aromatic heterocycles. The fourth-order valence-electron chi connectivity index (χ4n) is 2.59. The van der Waals surface area contributed by atoms with Gasteiger partial charge in [-0.2, -0.15) is 5.10 Å². The lowest BCUT2D eigenvalue weighted by Gasteiger charge is -2.24. The van der Waals surface area contributed by atoms with Crippen molar-refractivity contribution in [3.05, 3.63) is 62.3 Å². The molecular formula is C18H22N4O8. The van der Waals surface area contributed by atoms with Gasteiger partial charge in [0.2, 0.25) is 5.88 Å². The van der Waals surface area contributed by atoms with Crippen molar-refractivity contribution in [1.29, 1.82) is 0 Å². The Balaban J connectivity index is 2.07. The first-order valence-corrected chi connectivity index (χ1v) is 9.01. The summed E-state index contributed by atoms with van der Waals surface area (Å²) < 4.78 is 7.04. The molecule has 1 heterocycles. The van der Waals surface area contributed by atoms with Gasteiger partial charge in [0.15, 0.2) is 0 Å². The smallest absolute Gasteiger partial charge is 0.318 e. The maximum Gasteiger partial charge on any atom is 0.318 e. The summed E-state index contributed by atoms with van der Waals surface area (Å²) in [6.45, 7) is 4.34. The van der Waals surface area contributed by atoms with Crippen molar-refractivity contribution in [2.45, 2.75) is 39.7 Å². The summed E-state index contributed by atoms with van der Waals surface area (Å²) in [6.07, 6.45) is -1.13. The van der Waals surface area contributed by atoms with E-state index in [1.54, 1.807) is 26.8 Å². The van der Waals surface area contributed by atoms with E-state index in [4.69, 9.17) is 4.74 Å². The summed E-state index contributed by atoms with van der Waals surface area (Å²) in [5.74, 6) is -0.360. The minimum absolute atomic E-state index is 0.0338. The van der Waals surface area contributed by atoms with Gasteiger partial charge in [-0.15, -0.1) is 20.2 Å². The Labute approximate surface area is 171 Å². The van der Waals surface area contributed by atoms with Gasteiger partial charge in [-0.1, -0.05) is 18.2 Å². The fraction of sp³-hybridized carbons (Fsp3) is 0.444. The highest BCUT2D eigenvalue weighted by Crippen LogP contribution is 2.28. The zero-order chi connectivity index (χ0) is 22.3. The predicted octanol–water partition coefficient (Wildman–Crippen LogP) is 2.68. The van der Waals surface area contributed by atoms with Gasteiger partial charge < -0.3 is 14.4 Å². The first-order valence-electron chi connectivity index (χ1n) is 9.01. The predicted molar refractivity (Wildman–Crippen MR) is 102 cm³/mol. The average molecular weight is 422 g/mol. The van der Waals surface area contributed by atoms with Crippen LogP contribution in [-0.2, 0) is 14.5 Å². The molecule has 0 radical (unpaired) electrons. The third kappa shape index (κ3) is 6.43. The summed E-state index contributed by atoms with van der Waals surface area (Å²) in [7, 11) is 0. The highest BCUT2D eigenvalue weighted by molar-refractivity contribution is 5.78. The van der Waals surface area contributed by atoms with Crippen LogP contribution in [0.25, 0.3) is 5.69 Å². The minimum Gasteiger partial charge on any atom is -0.407 e. The van der Waals surface area contributed by atoms with Crippen molar-refractivity contribution in [3.8, 4) is 11.6 Å². The second-order valence-corrected chi connectivity index (χ2v) is 7.15. The van der Waals surface area contributed by atoms with E-state index in [1.165, 1.54) is 4.68 Å². The third-order valence-corrected chi connectivity index (χ3v) is 4.24. The van der Waals surface area contributed by atoms with Crippen molar-refractivity contribution in [3.63, 3.8) is 0 Å². The zero-order valence-electron chi connectivity index (χ0n) is 16.7. The first-order chi connectivity index (χ1) is 14.1. The SMILES string of the molecule is Cc1cc(OC(=O)C(C)(C)CCC(CO[N+](=O)[O-])O[N+](=O)[O-])n(-c2ccccc2)n1. The summed E-state index contributed by atoms with van der Waals surface area (Å²) in [6, 6.07) is 10.7. The summed E-state index contributed by atoms with van der Waals surface area (Å²) in [5.41, 5.74) is 0.297. The molecule has 0 aliphatic heterocycles. The van der Waals surface area contributed by atoms with Crippen LogP contribution in [0.2, 0.25) is 0 Å². The molecule has 162 valence electrons. The van der Waals surface area contributed by atoms with E-state index in [-0.39, 0.29) is 18.7 Å². The van der Waals surface area contributed by atoms with E-state index in [2.05, 4.69) is 14.8 Å². The Morgan fingerprint density at radius 3 is 2.47 bits per heavy atom. The maximum atomic E-state index is 12.8. The van der Waals surface area contributed by atoms with Crippen molar-refractivity contribution in [1.82, 2.24) is 9.78 Å². The molecule has 0 aliphatic rings.